The molecule has 0 spiro atoms. The van der Waals surface area contributed by atoms with Crippen molar-refractivity contribution in [3.8, 4) is 11.3 Å². The van der Waals surface area contributed by atoms with E-state index in [1.54, 1.807) is 12.1 Å². The van der Waals surface area contributed by atoms with E-state index >= 15 is 0 Å². The molecular formula is C13H14FNO. The van der Waals surface area contributed by atoms with Crippen molar-refractivity contribution in [2.24, 2.45) is 5.73 Å². The lowest BCUT2D eigenvalue weighted by Crippen LogP contribution is -1.99. The standard InChI is InChI=1S/C13H14FNO/c14-11-5-3-10(4-6-11)13-8-7-12(16-13)2-1-9-15/h3-8H,1-2,9,15H2. The molecule has 1 aromatic carbocycles. The highest BCUT2D eigenvalue weighted by Gasteiger charge is 2.04. The Balaban J connectivity index is 2.15. The van der Waals surface area contributed by atoms with Gasteiger partial charge in [-0.15, -0.1) is 0 Å². The molecule has 0 bridgehead atoms. The first kappa shape index (κ1) is 10.9. The van der Waals surface area contributed by atoms with E-state index in [0.717, 1.165) is 29.9 Å². The van der Waals surface area contributed by atoms with Crippen LogP contribution >= 0.6 is 0 Å². The van der Waals surface area contributed by atoms with Gasteiger partial charge in [0.15, 0.2) is 0 Å². The fraction of sp³-hybridized carbons (Fsp3) is 0.231. The van der Waals surface area contributed by atoms with E-state index in [-0.39, 0.29) is 5.82 Å². The largest absolute Gasteiger partial charge is 0.461 e. The van der Waals surface area contributed by atoms with Crippen molar-refractivity contribution >= 4 is 0 Å². The van der Waals surface area contributed by atoms with Gasteiger partial charge in [-0.05, 0) is 49.4 Å². The Bertz CT molecular complexity index is 447. The number of nitrogens with two attached hydrogens (primary N) is 1. The Kier molecular flexibility index (Phi) is 3.37. The molecule has 0 amide bonds. The average Bonchev–Trinajstić information content (AvgIpc) is 2.76. The van der Waals surface area contributed by atoms with Crippen molar-refractivity contribution in [1.29, 1.82) is 0 Å². The second-order valence-corrected chi connectivity index (χ2v) is 3.67. The third-order valence-corrected chi connectivity index (χ3v) is 2.42. The molecule has 0 aliphatic heterocycles. The van der Waals surface area contributed by atoms with E-state index in [1.807, 2.05) is 12.1 Å². The number of hydrogen-bond donors (Lipinski definition) is 1. The van der Waals surface area contributed by atoms with Crippen LogP contribution in [0.4, 0.5) is 4.39 Å². The summed E-state index contributed by atoms with van der Waals surface area (Å²) in [6.45, 7) is 0.659. The predicted octanol–water partition coefficient (Wildman–Crippen LogP) is 2.98. The molecule has 0 fully saturated rings. The molecule has 2 aromatic rings. The van der Waals surface area contributed by atoms with E-state index in [2.05, 4.69) is 0 Å². The maximum absolute atomic E-state index is 12.7. The average molecular weight is 219 g/mol. The number of rotatable bonds is 4. The quantitative estimate of drug-likeness (QED) is 0.858. The summed E-state index contributed by atoms with van der Waals surface area (Å²) < 4.78 is 18.4. The molecule has 2 N–H and O–H groups in total. The molecule has 0 atom stereocenters. The van der Waals surface area contributed by atoms with Gasteiger partial charge in [0.25, 0.3) is 0 Å². The summed E-state index contributed by atoms with van der Waals surface area (Å²) in [6.07, 6.45) is 1.76. The van der Waals surface area contributed by atoms with Crippen LogP contribution in [-0.2, 0) is 6.42 Å². The van der Waals surface area contributed by atoms with Crippen LogP contribution in [0.25, 0.3) is 11.3 Å². The van der Waals surface area contributed by atoms with E-state index in [1.165, 1.54) is 12.1 Å². The summed E-state index contributed by atoms with van der Waals surface area (Å²) in [5, 5.41) is 0. The predicted molar refractivity (Wildman–Crippen MR) is 61.5 cm³/mol. The molecule has 2 nitrogen and oxygen atoms in total. The molecular weight excluding hydrogens is 205 g/mol. The first-order valence-electron chi connectivity index (χ1n) is 5.34. The van der Waals surface area contributed by atoms with Crippen LogP contribution in [0.5, 0.6) is 0 Å². The minimum Gasteiger partial charge on any atom is -0.461 e. The van der Waals surface area contributed by atoms with E-state index in [9.17, 15) is 4.39 Å². The van der Waals surface area contributed by atoms with E-state index in [4.69, 9.17) is 10.2 Å². The summed E-state index contributed by atoms with van der Waals surface area (Å²) in [4.78, 5) is 0. The molecule has 0 saturated carbocycles. The van der Waals surface area contributed by atoms with Crippen molar-refractivity contribution in [2.75, 3.05) is 6.54 Å². The number of aryl methyl sites for hydroxylation is 1. The Morgan fingerprint density at radius 3 is 2.50 bits per heavy atom. The normalized spacial score (nSPS) is 10.6. The molecule has 0 aliphatic rings. The summed E-state index contributed by atoms with van der Waals surface area (Å²) in [5.41, 5.74) is 6.32. The summed E-state index contributed by atoms with van der Waals surface area (Å²) in [5.74, 6) is 1.45. The van der Waals surface area contributed by atoms with Crippen molar-refractivity contribution in [3.05, 3.63) is 48.0 Å². The van der Waals surface area contributed by atoms with Gasteiger partial charge < -0.3 is 10.2 Å². The molecule has 0 aliphatic carbocycles. The van der Waals surface area contributed by atoms with Gasteiger partial charge in [-0.1, -0.05) is 0 Å². The Morgan fingerprint density at radius 1 is 1.06 bits per heavy atom. The smallest absolute Gasteiger partial charge is 0.134 e. The minimum absolute atomic E-state index is 0.237. The van der Waals surface area contributed by atoms with E-state index < -0.39 is 0 Å². The summed E-state index contributed by atoms with van der Waals surface area (Å²) in [7, 11) is 0. The summed E-state index contributed by atoms with van der Waals surface area (Å²) in [6, 6.07) is 10.1. The van der Waals surface area contributed by atoms with Crippen molar-refractivity contribution < 1.29 is 8.81 Å². The first-order valence-corrected chi connectivity index (χ1v) is 5.34. The lowest BCUT2D eigenvalue weighted by atomic mass is 10.2. The lowest BCUT2D eigenvalue weighted by molar-refractivity contribution is 0.515. The Morgan fingerprint density at radius 2 is 1.81 bits per heavy atom. The first-order chi connectivity index (χ1) is 7.79. The number of hydrogen-bond acceptors (Lipinski definition) is 2. The van der Waals surface area contributed by atoms with Gasteiger partial charge in [0, 0.05) is 12.0 Å². The van der Waals surface area contributed by atoms with Crippen molar-refractivity contribution in [1.82, 2.24) is 0 Å². The zero-order valence-corrected chi connectivity index (χ0v) is 8.95. The van der Waals surface area contributed by atoms with Crippen LogP contribution < -0.4 is 5.73 Å². The molecule has 0 radical (unpaired) electrons. The minimum atomic E-state index is -0.237. The van der Waals surface area contributed by atoms with Gasteiger partial charge in [0.2, 0.25) is 0 Å². The lowest BCUT2D eigenvalue weighted by Gasteiger charge is -1.97. The third-order valence-electron chi connectivity index (χ3n) is 2.42. The zero-order chi connectivity index (χ0) is 11.4. The Hall–Kier alpha value is -1.61. The zero-order valence-electron chi connectivity index (χ0n) is 8.95. The van der Waals surface area contributed by atoms with Crippen LogP contribution in [0.2, 0.25) is 0 Å². The second kappa shape index (κ2) is 4.94. The topological polar surface area (TPSA) is 39.2 Å². The van der Waals surface area contributed by atoms with Crippen LogP contribution in [0.15, 0.2) is 40.8 Å². The fourth-order valence-corrected chi connectivity index (χ4v) is 1.56. The molecule has 2 rings (SSSR count). The van der Waals surface area contributed by atoms with Crippen LogP contribution in [-0.4, -0.2) is 6.54 Å². The monoisotopic (exact) mass is 219 g/mol. The van der Waals surface area contributed by atoms with E-state index in [0.29, 0.717) is 6.54 Å². The maximum atomic E-state index is 12.7. The van der Waals surface area contributed by atoms with Gasteiger partial charge >= 0.3 is 0 Å². The van der Waals surface area contributed by atoms with Gasteiger partial charge in [-0.3, -0.25) is 0 Å². The highest BCUT2D eigenvalue weighted by atomic mass is 19.1. The van der Waals surface area contributed by atoms with Crippen LogP contribution in [0, 0.1) is 5.82 Å². The van der Waals surface area contributed by atoms with Crippen LogP contribution in [0.3, 0.4) is 0 Å². The van der Waals surface area contributed by atoms with Gasteiger partial charge in [-0.2, -0.15) is 0 Å². The van der Waals surface area contributed by atoms with Crippen LogP contribution in [0.1, 0.15) is 12.2 Å². The van der Waals surface area contributed by atoms with Crippen molar-refractivity contribution in [3.63, 3.8) is 0 Å². The van der Waals surface area contributed by atoms with Gasteiger partial charge in [0.05, 0.1) is 0 Å². The molecule has 16 heavy (non-hydrogen) atoms. The van der Waals surface area contributed by atoms with Gasteiger partial charge in [0.1, 0.15) is 17.3 Å². The summed E-state index contributed by atoms with van der Waals surface area (Å²) >= 11 is 0. The highest BCUT2D eigenvalue weighted by molar-refractivity contribution is 5.57. The van der Waals surface area contributed by atoms with Gasteiger partial charge in [-0.25, -0.2) is 4.39 Å². The molecule has 1 heterocycles. The molecule has 1 aromatic heterocycles. The number of halogens is 1. The number of benzene rings is 1. The maximum Gasteiger partial charge on any atom is 0.134 e. The second-order valence-electron chi connectivity index (χ2n) is 3.67. The molecule has 0 unspecified atom stereocenters. The number of furan rings is 1. The SMILES string of the molecule is NCCCc1ccc(-c2ccc(F)cc2)o1. The highest BCUT2D eigenvalue weighted by Crippen LogP contribution is 2.22. The van der Waals surface area contributed by atoms with Crippen molar-refractivity contribution in [2.45, 2.75) is 12.8 Å². The molecule has 84 valence electrons. The Labute approximate surface area is 93.9 Å². The third kappa shape index (κ3) is 2.49. The fourth-order valence-electron chi connectivity index (χ4n) is 1.56. The molecule has 3 heteroatoms. The molecule has 0 saturated heterocycles.